The van der Waals surface area contributed by atoms with Gasteiger partial charge in [0.2, 0.25) is 0 Å². The maximum Gasteiger partial charge on any atom is 0.316 e. The number of ether oxygens (including phenoxy) is 1. The lowest BCUT2D eigenvalue weighted by Gasteiger charge is -2.42. The number of esters is 1. The van der Waals surface area contributed by atoms with Gasteiger partial charge in [0, 0.05) is 17.5 Å². The zero-order valence-corrected chi connectivity index (χ0v) is 18.0. The monoisotopic (exact) mass is 412 g/mol. The minimum absolute atomic E-state index is 0.0697. The van der Waals surface area contributed by atoms with E-state index in [0.717, 1.165) is 48.9 Å². The Hall–Kier alpha value is -2.08. The van der Waals surface area contributed by atoms with Crippen LogP contribution in [0.1, 0.15) is 57.1 Å². The molecule has 0 amide bonds. The van der Waals surface area contributed by atoms with Gasteiger partial charge in [-0.1, -0.05) is 55.3 Å². The number of fused-ring (bicyclic) bond motifs is 4. The summed E-state index contributed by atoms with van der Waals surface area (Å²) in [7, 11) is 0. The molecule has 1 fully saturated rings. The Morgan fingerprint density at radius 1 is 1.21 bits per heavy atom. The predicted octanol–water partition coefficient (Wildman–Crippen LogP) is 4.34. The van der Waals surface area contributed by atoms with Gasteiger partial charge in [-0.25, -0.2) is 4.98 Å². The molecule has 0 unspecified atom stereocenters. The van der Waals surface area contributed by atoms with Crippen LogP contribution in [0.5, 0.6) is 0 Å². The molecule has 1 aromatic heterocycles. The predicted molar refractivity (Wildman–Crippen MR) is 115 cm³/mol. The van der Waals surface area contributed by atoms with Crippen molar-refractivity contribution < 1.29 is 9.53 Å². The van der Waals surface area contributed by atoms with E-state index in [4.69, 9.17) is 9.72 Å². The van der Waals surface area contributed by atoms with Crippen molar-refractivity contribution in [3.05, 3.63) is 45.7 Å². The number of aromatic nitrogens is 2. The SMILES string of the molecule is CCOC(=O)CSc1nc2c(c(=O)n1CC)C1(CCCCC1)Cc1ccccc1-2. The first kappa shape index (κ1) is 20.2. The van der Waals surface area contributed by atoms with Crippen LogP contribution in [0.2, 0.25) is 0 Å². The lowest BCUT2D eigenvalue weighted by atomic mass is 9.62. The third kappa shape index (κ3) is 3.63. The Morgan fingerprint density at radius 3 is 2.69 bits per heavy atom. The average Bonchev–Trinajstić information content (AvgIpc) is 2.73. The molecule has 4 rings (SSSR count). The molecule has 2 aromatic rings. The van der Waals surface area contributed by atoms with Crippen LogP contribution in [0, 0.1) is 0 Å². The Bertz CT molecular complexity index is 977. The molecule has 6 heteroatoms. The van der Waals surface area contributed by atoms with E-state index >= 15 is 0 Å². The quantitative estimate of drug-likeness (QED) is 0.415. The minimum Gasteiger partial charge on any atom is -0.465 e. The summed E-state index contributed by atoms with van der Waals surface area (Å²) in [5, 5.41) is 0.604. The molecule has 2 aliphatic carbocycles. The largest absolute Gasteiger partial charge is 0.465 e. The van der Waals surface area contributed by atoms with Gasteiger partial charge in [-0.05, 0) is 38.7 Å². The number of rotatable bonds is 5. The molecule has 0 saturated heterocycles. The van der Waals surface area contributed by atoms with E-state index in [0.29, 0.717) is 18.3 Å². The average molecular weight is 413 g/mol. The molecule has 0 aliphatic heterocycles. The Morgan fingerprint density at radius 2 is 1.97 bits per heavy atom. The summed E-state index contributed by atoms with van der Waals surface area (Å²) in [5.41, 5.74) is 4.04. The molecule has 0 radical (unpaired) electrons. The van der Waals surface area contributed by atoms with Crippen LogP contribution in [0.25, 0.3) is 11.3 Å². The van der Waals surface area contributed by atoms with Gasteiger partial charge in [0.15, 0.2) is 5.16 Å². The molecule has 154 valence electrons. The lowest BCUT2D eigenvalue weighted by Crippen LogP contribution is -2.43. The number of hydrogen-bond acceptors (Lipinski definition) is 5. The minimum atomic E-state index is -0.281. The molecule has 1 spiro atoms. The fraction of sp³-hybridized carbons (Fsp3) is 0.522. The van der Waals surface area contributed by atoms with Gasteiger partial charge in [-0.3, -0.25) is 14.2 Å². The maximum atomic E-state index is 13.7. The summed E-state index contributed by atoms with van der Waals surface area (Å²) in [6.45, 7) is 4.66. The normalized spacial score (nSPS) is 16.9. The van der Waals surface area contributed by atoms with Crippen molar-refractivity contribution in [1.82, 2.24) is 9.55 Å². The number of carbonyl (C=O) groups excluding carboxylic acids is 1. The van der Waals surface area contributed by atoms with Gasteiger partial charge in [0.1, 0.15) is 0 Å². The van der Waals surface area contributed by atoms with Gasteiger partial charge < -0.3 is 4.74 Å². The first-order valence-corrected chi connectivity index (χ1v) is 11.6. The molecular weight excluding hydrogens is 384 g/mol. The van der Waals surface area contributed by atoms with Crippen molar-refractivity contribution in [2.75, 3.05) is 12.4 Å². The Kier molecular flexibility index (Phi) is 5.81. The van der Waals surface area contributed by atoms with Crippen LogP contribution in [0.3, 0.4) is 0 Å². The molecule has 29 heavy (non-hydrogen) atoms. The number of thioether (sulfide) groups is 1. The summed E-state index contributed by atoms with van der Waals surface area (Å²) in [4.78, 5) is 30.6. The van der Waals surface area contributed by atoms with Crippen molar-refractivity contribution in [1.29, 1.82) is 0 Å². The van der Waals surface area contributed by atoms with Gasteiger partial charge >= 0.3 is 5.97 Å². The number of nitrogens with zero attached hydrogens (tertiary/aromatic N) is 2. The van der Waals surface area contributed by atoms with Crippen LogP contribution >= 0.6 is 11.8 Å². The second kappa shape index (κ2) is 8.34. The zero-order chi connectivity index (χ0) is 20.4. The molecule has 0 bridgehead atoms. The molecule has 1 heterocycles. The van der Waals surface area contributed by atoms with E-state index in [1.165, 1.54) is 23.7 Å². The van der Waals surface area contributed by atoms with Crippen LogP contribution < -0.4 is 5.56 Å². The van der Waals surface area contributed by atoms with Gasteiger partial charge in [0.05, 0.1) is 23.6 Å². The van der Waals surface area contributed by atoms with Crippen molar-refractivity contribution >= 4 is 17.7 Å². The van der Waals surface area contributed by atoms with Gasteiger partial charge in [0.25, 0.3) is 5.56 Å². The molecule has 0 N–H and O–H groups in total. The van der Waals surface area contributed by atoms with Crippen LogP contribution in [0.4, 0.5) is 0 Å². The highest BCUT2D eigenvalue weighted by molar-refractivity contribution is 7.99. The molecule has 1 aromatic carbocycles. The second-order valence-electron chi connectivity index (χ2n) is 7.94. The topological polar surface area (TPSA) is 61.2 Å². The molecular formula is C23H28N2O3S. The summed E-state index contributed by atoms with van der Waals surface area (Å²) < 4.78 is 6.79. The highest BCUT2D eigenvalue weighted by Gasteiger charge is 2.43. The first-order valence-electron chi connectivity index (χ1n) is 10.6. The van der Waals surface area contributed by atoms with Crippen molar-refractivity contribution in [3.8, 4) is 11.3 Å². The highest BCUT2D eigenvalue weighted by atomic mass is 32.2. The van der Waals surface area contributed by atoms with Crippen LogP contribution in [-0.2, 0) is 27.9 Å². The van der Waals surface area contributed by atoms with E-state index in [1.807, 2.05) is 13.0 Å². The summed E-state index contributed by atoms with van der Waals surface area (Å²) in [6.07, 6.45) is 6.57. The van der Waals surface area contributed by atoms with E-state index in [1.54, 1.807) is 11.5 Å². The van der Waals surface area contributed by atoms with Crippen molar-refractivity contribution in [2.45, 2.75) is 69.5 Å². The third-order valence-corrected chi connectivity index (χ3v) is 7.17. The molecule has 0 atom stereocenters. The summed E-state index contributed by atoms with van der Waals surface area (Å²) in [5.74, 6) is -0.123. The van der Waals surface area contributed by atoms with E-state index in [2.05, 4.69) is 18.2 Å². The second-order valence-corrected chi connectivity index (χ2v) is 8.88. The van der Waals surface area contributed by atoms with E-state index in [-0.39, 0.29) is 22.7 Å². The van der Waals surface area contributed by atoms with E-state index in [9.17, 15) is 9.59 Å². The molecule has 1 saturated carbocycles. The van der Waals surface area contributed by atoms with E-state index < -0.39 is 0 Å². The number of carbonyl (C=O) groups is 1. The Balaban J connectivity index is 1.86. The van der Waals surface area contributed by atoms with Gasteiger partial charge in [-0.2, -0.15) is 0 Å². The van der Waals surface area contributed by atoms with Crippen molar-refractivity contribution in [3.63, 3.8) is 0 Å². The smallest absolute Gasteiger partial charge is 0.316 e. The van der Waals surface area contributed by atoms with Crippen LogP contribution in [-0.4, -0.2) is 27.9 Å². The fourth-order valence-corrected chi connectivity index (χ4v) is 5.79. The Labute approximate surface area is 175 Å². The lowest BCUT2D eigenvalue weighted by molar-refractivity contribution is -0.139. The van der Waals surface area contributed by atoms with Crippen LogP contribution in [0.15, 0.2) is 34.2 Å². The number of hydrogen-bond donors (Lipinski definition) is 0. The zero-order valence-electron chi connectivity index (χ0n) is 17.2. The first-order chi connectivity index (χ1) is 14.1. The molecule has 5 nitrogen and oxygen atoms in total. The summed E-state index contributed by atoms with van der Waals surface area (Å²) in [6, 6.07) is 8.34. The van der Waals surface area contributed by atoms with Crippen molar-refractivity contribution in [2.24, 2.45) is 0 Å². The standard InChI is InChI=1S/C23H28N2O3S/c1-3-25-21(27)19-20(24-22(25)29-15-18(26)28-4-2)17-11-7-6-10-16(17)14-23(19)12-8-5-9-13-23/h6-7,10-11H,3-5,8-9,12-15H2,1-2H3. The third-order valence-electron chi connectivity index (χ3n) is 6.22. The maximum absolute atomic E-state index is 13.7. The highest BCUT2D eigenvalue weighted by Crippen LogP contribution is 2.48. The summed E-state index contributed by atoms with van der Waals surface area (Å²) >= 11 is 1.29. The van der Waals surface area contributed by atoms with Gasteiger partial charge in [-0.15, -0.1) is 0 Å². The fourth-order valence-electron chi connectivity index (χ4n) is 4.94. The molecule has 2 aliphatic rings. The number of benzene rings is 1.